The van der Waals surface area contributed by atoms with E-state index in [2.05, 4.69) is 0 Å². The Kier molecular flexibility index (Phi) is 5.59. The van der Waals surface area contributed by atoms with Gasteiger partial charge in [0.1, 0.15) is 0 Å². The van der Waals surface area contributed by atoms with E-state index in [9.17, 15) is 20.0 Å². The maximum Gasteiger partial charge on any atom is 0.315 e. The second-order valence-corrected chi connectivity index (χ2v) is 7.49. The highest BCUT2D eigenvalue weighted by Gasteiger charge is 2.40. The highest BCUT2D eigenvalue weighted by atomic mass is 16.7. The molecule has 2 aliphatic heterocycles. The highest BCUT2D eigenvalue weighted by molar-refractivity contribution is 6.35. The monoisotopic (exact) mass is 441 g/mol. The van der Waals surface area contributed by atoms with Crippen molar-refractivity contribution in [3.8, 4) is 11.5 Å². The molecule has 10 nitrogen and oxygen atoms in total. The fraction of sp³-hybridized carbons (Fsp3) is 0.318. The number of nitro benzene ring substituents is 1. The van der Waals surface area contributed by atoms with Crippen molar-refractivity contribution >= 4 is 28.9 Å². The summed E-state index contributed by atoms with van der Waals surface area (Å²) < 4.78 is 16.8. The van der Waals surface area contributed by atoms with E-state index in [4.69, 9.17) is 19.9 Å². The fourth-order valence-electron chi connectivity index (χ4n) is 4.08. The molecule has 32 heavy (non-hydrogen) atoms. The van der Waals surface area contributed by atoms with Crippen LogP contribution in [-0.4, -0.2) is 49.9 Å². The van der Waals surface area contributed by atoms with Crippen molar-refractivity contribution < 1.29 is 29.0 Å². The van der Waals surface area contributed by atoms with E-state index in [1.54, 1.807) is 7.05 Å². The number of carbonyl (C=O) groups is 1. The highest BCUT2D eigenvalue weighted by Crippen LogP contribution is 2.43. The number of nitro groups is 1. The topological polar surface area (TPSA) is 137 Å². The standard InChI is InChI=1S/C22H23N3O7/c1-24-17-4-3-14(22(5-6-23)31-7-8-32-22)12-15(17)16(21(24)27)9-13-10-18(25(28)29)20(26)19(11-13)30-2/h3-4,9-12,26H,5-8,23H2,1-2H3/b16-9-. The summed E-state index contributed by atoms with van der Waals surface area (Å²) in [7, 11) is 2.95. The Bertz CT molecular complexity index is 1120. The van der Waals surface area contributed by atoms with Crippen LogP contribution in [0, 0.1) is 10.1 Å². The molecule has 0 radical (unpaired) electrons. The van der Waals surface area contributed by atoms with Gasteiger partial charge >= 0.3 is 5.69 Å². The van der Waals surface area contributed by atoms with E-state index in [-0.39, 0.29) is 11.7 Å². The molecule has 0 aromatic heterocycles. The van der Waals surface area contributed by atoms with Gasteiger partial charge in [-0.3, -0.25) is 14.9 Å². The maximum absolute atomic E-state index is 13.0. The van der Waals surface area contributed by atoms with Gasteiger partial charge in [0, 0.05) is 36.2 Å². The summed E-state index contributed by atoms with van der Waals surface area (Å²) in [5, 5.41) is 21.4. The number of likely N-dealkylation sites (N-methyl/N-ethyl adjacent to an activating group) is 1. The molecule has 4 rings (SSSR count). The zero-order chi connectivity index (χ0) is 23.0. The van der Waals surface area contributed by atoms with Crippen LogP contribution in [0.5, 0.6) is 11.5 Å². The van der Waals surface area contributed by atoms with Crippen LogP contribution in [0.25, 0.3) is 11.6 Å². The van der Waals surface area contributed by atoms with Gasteiger partial charge in [0.15, 0.2) is 11.5 Å². The quantitative estimate of drug-likeness (QED) is 0.396. The molecule has 2 aliphatic rings. The fourth-order valence-corrected chi connectivity index (χ4v) is 4.08. The molecule has 10 heteroatoms. The van der Waals surface area contributed by atoms with E-state index >= 15 is 0 Å². The molecule has 0 bridgehead atoms. The second kappa shape index (κ2) is 8.23. The number of phenolic OH excluding ortho intramolecular Hbond substituents is 1. The number of nitrogens with two attached hydrogens (primary N) is 1. The van der Waals surface area contributed by atoms with E-state index in [1.165, 1.54) is 30.2 Å². The molecule has 2 heterocycles. The number of ether oxygens (including phenoxy) is 3. The lowest BCUT2D eigenvalue weighted by Crippen LogP contribution is -2.30. The smallest absolute Gasteiger partial charge is 0.315 e. The van der Waals surface area contributed by atoms with Crippen LogP contribution in [0.1, 0.15) is 23.1 Å². The molecule has 3 N–H and O–H groups in total. The molecule has 1 amide bonds. The van der Waals surface area contributed by atoms with Gasteiger partial charge in [-0.05, 0) is 36.4 Å². The number of hydrogen-bond acceptors (Lipinski definition) is 8. The average molecular weight is 441 g/mol. The van der Waals surface area contributed by atoms with E-state index in [0.29, 0.717) is 48.6 Å². The molecule has 1 fully saturated rings. The predicted molar refractivity (Wildman–Crippen MR) is 116 cm³/mol. The number of methoxy groups -OCH3 is 1. The first-order chi connectivity index (χ1) is 15.3. The van der Waals surface area contributed by atoms with Crippen molar-refractivity contribution in [1.29, 1.82) is 0 Å². The molecule has 0 spiro atoms. The summed E-state index contributed by atoms with van der Waals surface area (Å²) >= 11 is 0. The molecule has 0 unspecified atom stereocenters. The molecule has 2 aromatic rings. The van der Waals surface area contributed by atoms with Crippen molar-refractivity contribution in [2.45, 2.75) is 12.2 Å². The van der Waals surface area contributed by atoms with Gasteiger partial charge in [-0.25, -0.2) is 0 Å². The Morgan fingerprint density at radius 1 is 1.31 bits per heavy atom. The summed E-state index contributed by atoms with van der Waals surface area (Å²) in [6.45, 7) is 1.24. The summed E-state index contributed by atoms with van der Waals surface area (Å²) in [5.74, 6) is -1.88. The summed E-state index contributed by atoms with van der Waals surface area (Å²) in [6, 6.07) is 8.12. The number of nitrogens with zero attached hydrogens (tertiary/aromatic N) is 2. The number of hydrogen-bond donors (Lipinski definition) is 2. The Balaban J connectivity index is 1.85. The number of aromatic hydroxyl groups is 1. The van der Waals surface area contributed by atoms with Crippen LogP contribution >= 0.6 is 0 Å². The van der Waals surface area contributed by atoms with Crippen molar-refractivity contribution in [3.05, 3.63) is 57.1 Å². The minimum absolute atomic E-state index is 0.0616. The third-order valence-corrected chi connectivity index (χ3v) is 5.65. The normalized spacial score (nSPS) is 18.3. The first-order valence-electron chi connectivity index (χ1n) is 9.99. The lowest BCUT2D eigenvalue weighted by molar-refractivity contribution is -0.386. The van der Waals surface area contributed by atoms with Crippen molar-refractivity contribution in [3.63, 3.8) is 0 Å². The minimum Gasteiger partial charge on any atom is -0.500 e. The Morgan fingerprint density at radius 3 is 2.66 bits per heavy atom. The number of anilines is 1. The average Bonchev–Trinajstić information content (AvgIpc) is 3.34. The SMILES string of the molecule is COc1cc(/C=C2\C(=O)N(C)c3ccc(C4(CCN)OCCO4)cc32)cc([N+](=O)[O-])c1O. The van der Waals surface area contributed by atoms with Gasteiger partial charge in [-0.1, -0.05) is 6.07 Å². The second-order valence-electron chi connectivity index (χ2n) is 7.49. The van der Waals surface area contributed by atoms with Crippen molar-refractivity contribution in [2.75, 3.05) is 38.8 Å². The molecular weight excluding hydrogens is 418 g/mol. The van der Waals surface area contributed by atoms with Gasteiger partial charge in [0.2, 0.25) is 5.75 Å². The zero-order valence-corrected chi connectivity index (χ0v) is 17.7. The Morgan fingerprint density at radius 2 is 2.03 bits per heavy atom. The Hall–Kier alpha value is -3.47. The Labute approximate surface area is 183 Å². The van der Waals surface area contributed by atoms with Gasteiger partial charge in [-0.2, -0.15) is 0 Å². The van der Waals surface area contributed by atoms with E-state index in [1.807, 2.05) is 18.2 Å². The third-order valence-electron chi connectivity index (χ3n) is 5.65. The van der Waals surface area contributed by atoms with Crippen LogP contribution in [0.4, 0.5) is 11.4 Å². The van der Waals surface area contributed by atoms with Crippen LogP contribution in [-0.2, 0) is 20.1 Å². The summed E-state index contributed by atoms with van der Waals surface area (Å²) in [5.41, 5.74) is 8.00. The van der Waals surface area contributed by atoms with Gasteiger partial charge in [0.25, 0.3) is 5.91 Å². The number of carbonyl (C=O) groups excluding carboxylic acids is 1. The first-order valence-corrected chi connectivity index (χ1v) is 9.99. The molecular formula is C22H23N3O7. The molecule has 1 saturated heterocycles. The summed E-state index contributed by atoms with van der Waals surface area (Å²) in [4.78, 5) is 25.1. The van der Waals surface area contributed by atoms with E-state index in [0.717, 1.165) is 5.56 Å². The first kappa shape index (κ1) is 21.8. The van der Waals surface area contributed by atoms with E-state index < -0.39 is 22.1 Å². The van der Waals surface area contributed by atoms with Crippen molar-refractivity contribution in [1.82, 2.24) is 0 Å². The zero-order valence-electron chi connectivity index (χ0n) is 17.7. The largest absolute Gasteiger partial charge is 0.500 e. The van der Waals surface area contributed by atoms with Crippen LogP contribution in [0.3, 0.4) is 0 Å². The number of benzene rings is 2. The maximum atomic E-state index is 13.0. The van der Waals surface area contributed by atoms with Crippen molar-refractivity contribution in [2.24, 2.45) is 5.73 Å². The number of rotatable bonds is 6. The number of fused-ring (bicyclic) bond motifs is 1. The summed E-state index contributed by atoms with van der Waals surface area (Å²) in [6.07, 6.45) is 1.99. The van der Waals surface area contributed by atoms with Gasteiger partial charge in [-0.15, -0.1) is 0 Å². The minimum atomic E-state index is -0.973. The number of phenols is 1. The van der Waals surface area contributed by atoms with Crippen LogP contribution in [0.15, 0.2) is 30.3 Å². The molecule has 0 saturated carbocycles. The lowest BCUT2D eigenvalue weighted by atomic mass is 9.96. The van der Waals surface area contributed by atoms with Crippen LogP contribution < -0.4 is 15.4 Å². The molecule has 0 aliphatic carbocycles. The molecule has 2 aromatic carbocycles. The van der Waals surface area contributed by atoms with Crippen LogP contribution in [0.2, 0.25) is 0 Å². The number of amides is 1. The molecule has 168 valence electrons. The van der Waals surface area contributed by atoms with Gasteiger partial charge in [0.05, 0.1) is 30.9 Å². The third kappa shape index (κ3) is 3.48. The van der Waals surface area contributed by atoms with Gasteiger partial charge < -0.3 is 30.0 Å². The molecule has 0 atom stereocenters. The predicted octanol–water partition coefficient (Wildman–Crippen LogP) is 2.37. The lowest BCUT2D eigenvalue weighted by Gasteiger charge is -2.28.